The Bertz CT molecular complexity index is 521. The minimum Gasteiger partial charge on any atom is -0.468 e. The van der Waals surface area contributed by atoms with Gasteiger partial charge in [0, 0.05) is 14.7 Å². The number of esters is 1. The Balaban J connectivity index is 2.04. The first-order chi connectivity index (χ1) is 9.80. The zero-order valence-corrected chi connectivity index (χ0v) is 14.9. The van der Waals surface area contributed by atoms with Gasteiger partial charge in [0.25, 0.3) is 0 Å². The number of halogens is 1. The molecule has 2 rings (SSSR count). The van der Waals surface area contributed by atoms with Crippen molar-refractivity contribution in [1.29, 1.82) is 0 Å². The highest BCUT2D eigenvalue weighted by Gasteiger charge is 2.56. The highest BCUT2D eigenvalue weighted by Crippen LogP contribution is 2.51. The van der Waals surface area contributed by atoms with E-state index in [1.165, 1.54) is 7.11 Å². The summed E-state index contributed by atoms with van der Waals surface area (Å²) in [6, 6.07) is 1.10. The number of ether oxygens (including phenoxy) is 2. The Morgan fingerprint density at radius 2 is 2.14 bits per heavy atom. The smallest absolute Gasteiger partial charge is 0.317 e. The van der Waals surface area contributed by atoms with E-state index in [2.05, 4.69) is 24.6 Å². The van der Waals surface area contributed by atoms with E-state index in [9.17, 15) is 4.79 Å². The zero-order valence-electron chi connectivity index (χ0n) is 13.1. The lowest BCUT2D eigenvalue weighted by molar-refractivity contribution is -0.143. The first-order valence-corrected chi connectivity index (χ1v) is 11.3. The van der Waals surface area contributed by atoms with Crippen molar-refractivity contribution in [3.8, 4) is 0 Å². The standard InChI is InChI=1S/C14H23ClN2O3Si/c1-19-13(18)14(5-6-14)11-12(15)16-9-17(11)10-20-7-8-21(2,3)4/h9H,5-8,10H2,1-4H3. The van der Waals surface area contributed by atoms with Crippen molar-refractivity contribution in [2.24, 2.45) is 0 Å². The van der Waals surface area contributed by atoms with Gasteiger partial charge >= 0.3 is 5.97 Å². The van der Waals surface area contributed by atoms with Crippen molar-refractivity contribution < 1.29 is 14.3 Å². The van der Waals surface area contributed by atoms with Gasteiger partial charge in [-0.2, -0.15) is 0 Å². The van der Waals surface area contributed by atoms with Crippen molar-refractivity contribution in [2.45, 2.75) is 50.7 Å². The number of aromatic nitrogens is 2. The van der Waals surface area contributed by atoms with Gasteiger partial charge in [-0.3, -0.25) is 4.79 Å². The van der Waals surface area contributed by atoms with Crippen LogP contribution in [-0.4, -0.2) is 37.3 Å². The molecule has 7 heteroatoms. The molecule has 1 saturated carbocycles. The van der Waals surface area contributed by atoms with Gasteiger partial charge in [-0.25, -0.2) is 4.98 Å². The quantitative estimate of drug-likeness (QED) is 0.438. The molecule has 1 heterocycles. The minimum atomic E-state index is -1.10. The predicted octanol–water partition coefficient (Wildman–Crippen LogP) is 3.05. The SMILES string of the molecule is COC(=O)C1(c2c(Cl)ncn2COCC[Si](C)(C)C)CC1. The van der Waals surface area contributed by atoms with Gasteiger partial charge in [0.15, 0.2) is 5.15 Å². The summed E-state index contributed by atoms with van der Waals surface area (Å²) in [4.78, 5) is 16.1. The van der Waals surface area contributed by atoms with Crippen molar-refractivity contribution in [1.82, 2.24) is 9.55 Å². The Hall–Kier alpha value is -0.853. The molecule has 1 aliphatic carbocycles. The molecule has 1 aromatic rings. The molecule has 0 aliphatic heterocycles. The maximum Gasteiger partial charge on any atom is 0.317 e. The van der Waals surface area contributed by atoms with Crippen LogP contribution in [0.25, 0.3) is 0 Å². The topological polar surface area (TPSA) is 53.3 Å². The highest BCUT2D eigenvalue weighted by atomic mass is 35.5. The predicted molar refractivity (Wildman–Crippen MR) is 84.3 cm³/mol. The summed E-state index contributed by atoms with van der Waals surface area (Å²) in [6.45, 7) is 8.03. The summed E-state index contributed by atoms with van der Waals surface area (Å²) in [7, 11) is 0.302. The minimum absolute atomic E-state index is 0.242. The Labute approximate surface area is 131 Å². The maximum atomic E-state index is 12.0. The molecule has 0 radical (unpaired) electrons. The van der Waals surface area contributed by atoms with Gasteiger partial charge in [0.1, 0.15) is 12.1 Å². The van der Waals surface area contributed by atoms with Crippen molar-refractivity contribution in [3.05, 3.63) is 17.2 Å². The second-order valence-electron chi connectivity index (χ2n) is 6.78. The van der Waals surface area contributed by atoms with Gasteiger partial charge in [0.05, 0.1) is 19.1 Å². The van der Waals surface area contributed by atoms with E-state index in [1.54, 1.807) is 6.33 Å². The fraction of sp³-hybridized carbons (Fsp3) is 0.714. The van der Waals surface area contributed by atoms with Crippen LogP contribution in [0.2, 0.25) is 30.8 Å². The number of imidazole rings is 1. The molecule has 0 amide bonds. The van der Waals surface area contributed by atoms with Crippen LogP contribution in [0, 0.1) is 0 Å². The Morgan fingerprint density at radius 3 is 2.67 bits per heavy atom. The number of methoxy groups -OCH3 is 1. The lowest BCUT2D eigenvalue weighted by atomic mass is 10.0. The molecule has 1 aromatic heterocycles. The molecule has 1 fully saturated rings. The fourth-order valence-electron chi connectivity index (χ4n) is 2.33. The van der Waals surface area contributed by atoms with E-state index >= 15 is 0 Å². The third-order valence-corrected chi connectivity index (χ3v) is 5.78. The van der Waals surface area contributed by atoms with Crippen LogP contribution in [-0.2, 0) is 26.4 Å². The number of hydrogen-bond donors (Lipinski definition) is 0. The molecule has 0 N–H and O–H groups in total. The monoisotopic (exact) mass is 330 g/mol. The number of nitrogens with zero attached hydrogens (tertiary/aromatic N) is 2. The van der Waals surface area contributed by atoms with Gasteiger partial charge in [-0.05, 0) is 18.9 Å². The number of rotatable bonds is 7. The molecule has 21 heavy (non-hydrogen) atoms. The molecule has 0 spiro atoms. The number of carbonyl (C=O) groups excluding carboxylic acids is 1. The van der Waals surface area contributed by atoms with Gasteiger partial charge in [-0.1, -0.05) is 31.2 Å². The molecule has 0 bridgehead atoms. The summed E-state index contributed by atoms with van der Waals surface area (Å²) in [5.74, 6) is -0.242. The lowest BCUT2D eigenvalue weighted by Crippen LogP contribution is -2.26. The van der Waals surface area contributed by atoms with Crippen LogP contribution in [0.3, 0.4) is 0 Å². The molecular formula is C14H23ClN2O3Si. The molecule has 0 unspecified atom stereocenters. The average molecular weight is 331 g/mol. The zero-order chi connectivity index (χ0) is 15.7. The van der Waals surface area contributed by atoms with Crippen molar-refractivity contribution in [3.63, 3.8) is 0 Å². The Kier molecular flexibility index (Phi) is 4.80. The van der Waals surface area contributed by atoms with Crippen LogP contribution >= 0.6 is 11.6 Å². The first kappa shape index (κ1) is 16.5. The van der Waals surface area contributed by atoms with Crippen LogP contribution in [0.4, 0.5) is 0 Å². The van der Waals surface area contributed by atoms with E-state index < -0.39 is 13.5 Å². The molecular weight excluding hydrogens is 308 g/mol. The third kappa shape index (κ3) is 3.67. The van der Waals surface area contributed by atoms with Gasteiger partial charge in [0.2, 0.25) is 0 Å². The molecule has 118 valence electrons. The van der Waals surface area contributed by atoms with E-state index in [4.69, 9.17) is 21.1 Å². The number of carbonyl (C=O) groups is 1. The fourth-order valence-corrected chi connectivity index (χ4v) is 3.42. The van der Waals surface area contributed by atoms with Gasteiger partial charge < -0.3 is 14.0 Å². The highest BCUT2D eigenvalue weighted by molar-refractivity contribution is 6.76. The summed E-state index contributed by atoms with van der Waals surface area (Å²) < 4.78 is 12.5. The van der Waals surface area contributed by atoms with E-state index in [0.717, 1.165) is 31.2 Å². The summed E-state index contributed by atoms with van der Waals surface area (Å²) in [6.07, 6.45) is 3.13. The Morgan fingerprint density at radius 1 is 1.48 bits per heavy atom. The molecule has 0 atom stereocenters. The molecule has 1 aliphatic rings. The summed E-state index contributed by atoms with van der Waals surface area (Å²) in [5.41, 5.74) is 0.105. The van der Waals surface area contributed by atoms with Crippen LogP contribution < -0.4 is 0 Å². The van der Waals surface area contributed by atoms with Crippen molar-refractivity contribution in [2.75, 3.05) is 13.7 Å². The van der Waals surface area contributed by atoms with E-state index in [1.807, 2.05) is 4.57 Å². The normalized spacial score (nSPS) is 16.8. The van der Waals surface area contributed by atoms with Gasteiger partial charge in [-0.15, -0.1) is 0 Å². The van der Waals surface area contributed by atoms with Crippen LogP contribution in [0.1, 0.15) is 18.5 Å². The molecule has 0 saturated heterocycles. The second-order valence-corrected chi connectivity index (χ2v) is 12.8. The third-order valence-electron chi connectivity index (χ3n) is 3.80. The summed E-state index contributed by atoms with van der Waals surface area (Å²) in [5, 5.41) is 0.367. The molecule has 5 nitrogen and oxygen atoms in total. The van der Waals surface area contributed by atoms with Crippen LogP contribution in [0.5, 0.6) is 0 Å². The first-order valence-electron chi connectivity index (χ1n) is 7.17. The van der Waals surface area contributed by atoms with E-state index in [0.29, 0.717) is 11.9 Å². The van der Waals surface area contributed by atoms with Crippen LogP contribution in [0.15, 0.2) is 6.33 Å². The second kappa shape index (κ2) is 6.10. The van der Waals surface area contributed by atoms with E-state index in [-0.39, 0.29) is 5.97 Å². The number of hydrogen-bond acceptors (Lipinski definition) is 4. The largest absolute Gasteiger partial charge is 0.468 e. The average Bonchev–Trinajstić information content (AvgIpc) is 3.12. The summed E-state index contributed by atoms with van der Waals surface area (Å²) >= 11 is 6.17. The maximum absolute atomic E-state index is 12.0. The van der Waals surface area contributed by atoms with Crippen molar-refractivity contribution >= 4 is 25.6 Å². The lowest BCUT2D eigenvalue weighted by Gasteiger charge is -2.18. The molecule has 0 aromatic carbocycles.